The van der Waals surface area contributed by atoms with Crippen molar-refractivity contribution in [3.05, 3.63) is 46.0 Å². The lowest BCUT2D eigenvalue weighted by molar-refractivity contribution is 0.0131. The van der Waals surface area contributed by atoms with Gasteiger partial charge in [0.1, 0.15) is 16.4 Å². The average molecular weight is 385 g/mol. The summed E-state index contributed by atoms with van der Waals surface area (Å²) in [6.45, 7) is 0.913. The summed E-state index contributed by atoms with van der Waals surface area (Å²) in [5.74, 6) is 0.440. The molecule has 0 spiro atoms. The lowest BCUT2D eigenvalue weighted by atomic mass is 10.0. The summed E-state index contributed by atoms with van der Waals surface area (Å²) in [5, 5.41) is 7.18. The highest BCUT2D eigenvalue weighted by molar-refractivity contribution is 6.31. The Morgan fingerprint density at radius 1 is 1.36 bits per heavy atom. The van der Waals surface area contributed by atoms with Crippen LogP contribution < -0.4 is 5.32 Å². The summed E-state index contributed by atoms with van der Waals surface area (Å²) in [6.07, 6.45) is 3.81. The average Bonchev–Trinajstić information content (AvgIpc) is 3.21. The molecule has 6 nitrogen and oxygen atoms in total. The van der Waals surface area contributed by atoms with Crippen molar-refractivity contribution >= 4 is 34.5 Å². The molecule has 3 aromatic rings. The maximum atomic E-state index is 15.2. The van der Waals surface area contributed by atoms with Crippen LogP contribution >= 0.6 is 23.2 Å². The third kappa shape index (κ3) is 3.07. The highest BCUT2D eigenvalue weighted by atomic mass is 35.5. The van der Waals surface area contributed by atoms with Crippen molar-refractivity contribution in [1.82, 2.24) is 14.6 Å². The van der Waals surface area contributed by atoms with Crippen LogP contribution in [0.3, 0.4) is 0 Å². The van der Waals surface area contributed by atoms with E-state index >= 15 is 4.39 Å². The number of rotatable bonds is 4. The van der Waals surface area contributed by atoms with E-state index in [2.05, 4.69) is 15.4 Å². The molecule has 1 N–H and O–H groups in total. The Morgan fingerprint density at radius 3 is 2.96 bits per heavy atom. The van der Waals surface area contributed by atoms with E-state index in [1.807, 2.05) is 0 Å². The maximum Gasteiger partial charge on any atom is 0.243 e. The Morgan fingerprint density at radius 2 is 2.24 bits per heavy atom. The lowest BCUT2D eigenvalue weighted by Gasteiger charge is -2.22. The Hall–Kier alpha value is -1.83. The molecule has 1 unspecified atom stereocenters. The van der Waals surface area contributed by atoms with E-state index in [0.29, 0.717) is 30.9 Å². The van der Waals surface area contributed by atoms with Gasteiger partial charge in [0.15, 0.2) is 11.6 Å². The molecular weight excluding hydrogens is 370 g/mol. The standard InChI is InChI=1S/C16H15Cl2FN4O2/c17-14-11(10-5-1-2-6-25-10)12(19)13-15(21-16(18)22-23(13)14)20-8-9-4-3-7-24-9/h3-4,7,10H,1-2,5-6,8H2,(H,20,21,22). The minimum Gasteiger partial charge on any atom is -0.467 e. The largest absolute Gasteiger partial charge is 0.467 e. The van der Waals surface area contributed by atoms with Gasteiger partial charge in [-0.1, -0.05) is 11.6 Å². The zero-order chi connectivity index (χ0) is 17.4. The molecule has 132 valence electrons. The molecule has 1 fully saturated rings. The summed E-state index contributed by atoms with van der Waals surface area (Å²) in [6, 6.07) is 3.57. The Kier molecular flexibility index (Phi) is 4.54. The van der Waals surface area contributed by atoms with Gasteiger partial charge in [0.2, 0.25) is 5.28 Å². The second kappa shape index (κ2) is 6.82. The fourth-order valence-electron chi connectivity index (χ4n) is 3.02. The van der Waals surface area contributed by atoms with Gasteiger partial charge in [0.25, 0.3) is 0 Å². The minimum absolute atomic E-state index is 0.0394. The molecule has 25 heavy (non-hydrogen) atoms. The van der Waals surface area contributed by atoms with Crippen LogP contribution in [0.1, 0.15) is 36.7 Å². The van der Waals surface area contributed by atoms with Gasteiger partial charge in [-0.2, -0.15) is 4.98 Å². The van der Waals surface area contributed by atoms with Crippen LogP contribution in [-0.4, -0.2) is 21.2 Å². The Bertz CT molecular complexity index is 892. The van der Waals surface area contributed by atoms with Crippen LogP contribution in [0, 0.1) is 5.82 Å². The molecule has 0 radical (unpaired) electrons. The van der Waals surface area contributed by atoms with E-state index in [4.69, 9.17) is 32.4 Å². The van der Waals surface area contributed by atoms with Crippen LogP contribution in [0.15, 0.2) is 22.8 Å². The topological polar surface area (TPSA) is 64.6 Å². The molecule has 0 amide bonds. The molecule has 1 aliphatic rings. The number of halogens is 3. The Labute approximate surface area is 152 Å². The number of aromatic nitrogens is 3. The van der Waals surface area contributed by atoms with Crippen LogP contribution in [-0.2, 0) is 11.3 Å². The van der Waals surface area contributed by atoms with E-state index in [1.165, 1.54) is 4.52 Å². The number of fused-ring (bicyclic) bond motifs is 1. The van der Waals surface area contributed by atoms with E-state index in [0.717, 1.165) is 12.8 Å². The lowest BCUT2D eigenvalue weighted by Crippen LogP contribution is -2.12. The quantitative estimate of drug-likeness (QED) is 0.710. The molecule has 1 aliphatic heterocycles. The molecular formula is C16H15Cl2FN4O2. The number of ether oxygens (including phenoxy) is 1. The van der Waals surface area contributed by atoms with Crippen molar-refractivity contribution in [3.8, 4) is 0 Å². The summed E-state index contributed by atoms with van der Waals surface area (Å²) >= 11 is 12.4. The number of hydrogen-bond acceptors (Lipinski definition) is 5. The fraction of sp³-hybridized carbons (Fsp3) is 0.375. The predicted octanol–water partition coefficient (Wildman–Crippen LogP) is 4.62. The molecule has 0 aromatic carbocycles. The molecule has 4 heterocycles. The van der Waals surface area contributed by atoms with E-state index in [-0.39, 0.29) is 27.9 Å². The second-order valence-electron chi connectivity index (χ2n) is 5.80. The van der Waals surface area contributed by atoms with Gasteiger partial charge >= 0.3 is 0 Å². The number of anilines is 1. The molecule has 3 aromatic heterocycles. The fourth-order valence-corrected chi connectivity index (χ4v) is 3.51. The van der Waals surface area contributed by atoms with Crippen molar-refractivity contribution in [3.63, 3.8) is 0 Å². The van der Waals surface area contributed by atoms with Gasteiger partial charge in [0, 0.05) is 6.61 Å². The zero-order valence-corrected chi connectivity index (χ0v) is 14.6. The molecule has 0 saturated carbocycles. The summed E-state index contributed by atoms with van der Waals surface area (Å²) in [7, 11) is 0. The molecule has 1 atom stereocenters. The SMILES string of the molecule is Fc1c(C2CCCCO2)c(Cl)n2nc(Cl)nc(NCc3ccco3)c12. The van der Waals surface area contributed by atoms with Crippen LogP contribution in [0.5, 0.6) is 0 Å². The smallest absolute Gasteiger partial charge is 0.243 e. The number of hydrogen-bond donors (Lipinski definition) is 1. The first-order valence-electron chi connectivity index (χ1n) is 7.96. The predicted molar refractivity (Wildman–Crippen MR) is 91.5 cm³/mol. The number of furan rings is 1. The zero-order valence-electron chi connectivity index (χ0n) is 13.1. The maximum absolute atomic E-state index is 15.2. The Balaban J connectivity index is 1.77. The molecule has 1 saturated heterocycles. The monoisotopic (exact) mass is 384 g/mol. The van der Waals surface area contributed by atoms with Gasteiger partial charge in [-0.05, 0) is 43.0 Å². The van der Waals surface area contributed by atoms with Crippen molar-refractivity contribution in [2.75, 3.05) is 11.9 Å². The third-order valence-corrected chi connectivity index (χ3v) is 4.71. The van der Waals surface area contributed by atoms with Crippen molar-refractivity contribution < 1.29 is 13.5 Å². The summed E-state index contributed by atoms with van der Waals surface area (Å²) in [5.41, 5.74) is 0.448. The second-order valence-corrected chi connectivity index (χ2v) is 6.49. The van der Waals surface area contributed by atoms with Crippen molar-refractivity contribution in [1.29, 1.82) is 0 Å². The van der Waals surface area contributed by atoms with Crippen LogP contribution in [0.2, 0.25) is 10.4 Å². The first kappa shape index (κ1) is 16.6. The summed E-state index contributed by atoms with van der Waals surface area (Å²) in [4.78, 5) is 4.10. The van der Waals surface area contributed by atoms with Crippen molar-refractivity contribution in [2.24, 2.45) is 0 Å². The minimum atomic E-state index is -0.490. The third-order valence-electron chi connectivity index (χ3n) is 4.19. The van der Waals surface area contributed by atoms with Crippen LogP contribution in [0.25, 0.3) is 5.52 Å². The van der Waals surface area contributed by atoms with E-state index < -0.39 is 5.82 Å². The first-order valence-corrected chi connectivity index (χ1v) is 8.71. The normalized spacial score (nSPS) is 18.0. The first-order chi connectivity index (χ1) is 12.1. The van der Waals surface area contributed by atoms with Gasteiger partial charge in [0.05, 0.1) is 24.5 Å². The van der Waals surface area contributed by atoms with Gasteiger partial charge in [-0.25, -0.2) is 8.91 Å². The van der Waals surface area contributed by atoms with Gasteiger partial charge in [-0.3, -0.25) is 0 Å². The highest BCUT2D eigenvalue weighted by Crippen LogP contribution is 2.39. The van der Waals surface area contributed by atoms with Gasteiger partial charge < -0.3 is 14.5 Å². The van der Waals surface area contributed by atoms with Crippen molar-refractivity contribution in [2.45, 2.75) is 31.9 Å². The summed E-state index contributed by atoms with van der Waals surface area (Å²) < 4.78 is 27.4. The number of nitrogens with one attached hydrogen (secondary N) is 1. The molecule has 4 rings (SSSR count). The molecule has 0 aliphatic carbocycles. The molecule has 0 bridgehead atoms. The van der Waals surface area contributed by atoms with Crippen LogP contribution in [0.4, 0.5) is 10.2 Å². The van der Waals surface area contributed by atoms with Gasteiger partial charge in [-0.15, -0.1) is 5.10 Å². The molecule has 9 heteroatoms. The highest BCUT2D eigenvalue weighted by Gasteiger charge is 2.29. The van der Waals surface area contributed by atoms with E-state index in [9.17, 15) is 0 Å². The number of nitrogens with zero attached hydrogens (tertiary/aromatic N) is 3. The van der Waals surface area contributed by atoms with E-state index in [1.54, 1.807) is 18.4 Å².